The van der Waals surface area contributed by atoms with Crippen LogP contribution in [0.25, 0.3) is 11.1 Å². The standard InChI is InChI=1S/C20H19NO3/c1-11-5-6-12(2)16(9-11)20(23)18-13(3)17-10-24-8-7-15(17)19(18)21-14(4)22/h5-10H,1-4H3,(H,21,22). The van der Waals surface area contributed by atoms with E-state index in [1.54, 1.807) is 18.6 Å². The van der Waals surface area contributed by atoms with Crippen molar-refractivity contribution < 1.29 is 14.0 Å². The molecule has 4 nitrogen and oxygen atoms in total. The van der Waals surface area contributed by atoms with E-state index in [4.69, 9.17) is 4.42 Å². The minimum atomic E-state index is -0.210. The van der Waals surface area contributed by atoms with Crippen molar-refractivity contribution in [2.75, 3.05) is 5.32 Å². The minimum absolute atomic E-state index is 0.0892. The normalized spacial score (nSPS) is 10.8. The summed E-state index contributed by atoms with van der Waals surface area (Å²) in [5.41, 5.74) is 6.10. The van der Waals surface area contributed by atoms with E-state index in [0.717, 1.165) is 27.8 Å². The predicted molar refractivity (Wildman–Crippen MR) is 93.7 cm³/mol. The number of ketones is 1. The highest BCUT2D eigenvalue weighted by atomic mass is 16.3. The van der Waals surface area contributed by atoms with E-state index in [1.165, 1.54) is 6.92 Å². The summed E-state index contributed by atoms with van der Waals surface area (Å²) in [6.07, 6.45) is 3.15. The smallest absolute Gasteiger partial charge is 0.221 e. The van der Waals surface area contributed by atoms with E-state index >= 15 is 0 Å². The van der Waals surface area contributed by atoms with Gasteiger partial charge in [0.2, 0.25) is 5.91 Å². The number of hydrogen-bond acceptors (Lipinski definition) is 3. The molecule has 3 rings (SSSR count). The van der Waals surface area contributed by atoms with Crippen LogP contribution in [-0.2, 0) is 4.79 Å². The van der Waals surface area contributed by atoms with Crippen LogP contribution < -0.4 is 5.32 Å². The van der Waals surface area contributed by atoms with Crippen molar-refractivity contribution in [3.8, 4) is 11.1 Å². The molecule has 1 aromatic carbocycles. The number of benzene rings is 1. The molecule has 1 aliphatic carbocycles. The molecule has 24 heavy (non-hydrogen) atoms. The van der Waals surface area contributed by atoms with Gasteiger partial charge in [0.1, 0.15) is 0 Å². The van der Waals surface area contributed by atoms with Crippen LogP contribution >= 0.6 is 0 Å². The third-order valence-corrected chi connectivity index (χ3v) is 4.25. The molecule has 0 bridgehead atoms. The maximum absolute atomic E-state index is 13.2. The Kier molecular flexibility index (Phi) is 3.97. The third-order valence-electron chi connectivity index (χ3n) is 4.25. The second kappa shape index (κ2) is 5.96. The molecule has 2 aliphatic rings. The fourth-order valence-corrected chi connectivity index (χ4v) is 3.04. The van der Waals surface area contributed by atoms with Crippen LogP contribution in [-0.4, -0.2) is 11.7 Å². The summed E-state index contributed by atoms with van der Waals surface area (Å²) in [6, 6.07) is 7.58. The lowest BCUT2D eigenvalue weighted by Gasteiger charge is -2.10. The lowest BCUT2D eigenvalue weighted by Crippen LogP contribution is -2.12. The van der Waals surface area contributed by atoms with Gasteiger partial charge in [-0.05, 0) is 44.0 Å². The Morgan fingerprint density at radius 1 is 1.04 bits per heavy atom. The summed E-state index contributed by atoms with van der Waals surface area (Å²) in [6.45, 7) is 7.19. The Balaban J connectivity index is 2.26. The fraction of sp³-hybridized carbons (Fsp3) is 0.200. The average molecular weight is 321 g/mol. The van der Waals surface area contributed by atoms with E-state index in [9.17, 15) is 9.59 Å². The van der Waals surface area contributed by atoms with Gasteiger partial charge < -0.3 is 9.73 Å². The number of carbonyl (C=O) groups is 2. The number of aryl methyl sites for hydroxylation is 2. The molecule has 1 heterocycles. The maximum Gasteiger partial charge on any atom is 0.221 e. The van der Waals surface area contributed by atoms with Gasteiger partial charge in [0, 0.05) is 23.6 Å². The first kappa shape index (κ1) is 16.0. The minimum Gasteiger partial charge on any atom is -0.472 e. The maximum atomic E-state index is 13.2. The number of fused-ring (bicyclic) bond motifs is 1. The highest BCUT2D eigenvalue weighted by Crippen LogP contribution is 2.41. The summed E-state index contributed by atoms with van der Waals surface area (Å²) >= 11 is 0. The van der Waals surface area contributed by atoms with Crippen LogP contribution in [0.4, 0.5) is 5.69 Å². The molecule has 0 spiro atoms. The summed E-state index contributed by atoms with van der Waals surface area (Å²) in [5.74, 6) is -0.300. The second-order valence-electron chi connectivity index (χ2n) is 6.09. The van der Waals surface area contributed by atoms with Gasteiger partial charge in [0.25, 0.3) is 0 Å². The molecule has 0 saturated heterocycles. The van der Waals surface area contributed by atoms with Crippen molar-refractivity contribution in [2.45, 2.75) is 27.7 Å². The molecule has 0 unspecified atom stereocenters. The van der Waals surface area contributed by atoms with Crippen molar-refractivity contribution in [2.24, 2.45) is 0 Å². The molecule has 0 atom stereocenters. The number of nitrogens with one attached hydrogen (secondary N) is 1. The zero-order chi connectivity index (χ0) is 17.4. The molecule has 1 amide bonds. The van der Waals surface area contributed by atoms with Gasteiger partial charge >= 0.3 is 0 Å². The molecule has 0 saturated carbocycles. The highest BCUT2D eigenvalue weighted by molar-refractivity contribution is 6.19. The number of hydrogen-bond donors (Lipinski definition) is 1. The van der Waals surface area contributed by atoms with Crippen LogP contribution in [0.2, 0.25) is 0 Å². The van der Waals surface area contributed by atoms with Crippen LogP contribution in [0.3, 0.4) is 0 Å². The Bertz CT molecular complexity index is 921. The number of rotatable bonds is 3. The molecule has 0 radical (unpaired) electrons. The number of carbonyl (C=O) groups excluding carboxylic acids is 2. The lowest BCUT2D eigenvalue weighted by atomic mass is 9.96. The van der Waals surface area contributed by atoms with E-state index in [2.05, 4.69) is 5.32 Å². The van der Waals surface area contributed by atoms with Gasteiger partial charge in [-0.3, -0.25) is 9.59 Å². The summed E-state index contributed by atoms with van der Waals surface area (Å²) < 4.78 is 5.25. The largest absolute Gasteiger partial charge is 0.472 e. The number of anilines is 1. The molecule has 4 heteroatoms. The van der Waals surface area contributed by atoms with Gasteiger partial charge in [-0.25, -0.2) is 0 Å². The van der Waals surface area contributed by atoms with Gasteiger partial charge in [-0.2, -0.15) is 0 Å². The predicted octanol–water partition coefficient (Wildman–Crippen LogP) is 4.50. The molecule has 0 aromatic heterocycles. The van der Waals surface area contributed by atoms with Crippen molar-refractivity contribution in [3.63, 3.8) is 0 Å². The first-order valence-corrected chi connectivity index (χ1v) is 7.78. The van der Waals surface area contributed by atoms with E-state index in [-0.39, 0.29) is 11.7 Å². The Hall–Kier alpha value is -2.88. The first-order valence-electron chi connectivity index (χ1n) is 7.78. The van der Waals surface area contributed by atoms with Crippen molar-refractivity contribution in [1.82, 2.24) is 0 Å². The molecule has 1 aliphatic heterocycles. The van der Waals surface area contributed by atoms with E-state index < -0.39 is 0 Å². The quantitative estimate of drug-likeness (QED) is 0.723. The Morgan fingerprint density at radius 3 is 2.50 bits per heavy atom. The van der Waals surface area contributed by atoms with Crippen molar-refractivity contribution in [3.05, 3.63) is 64.6 Å². The van der Waals surface area contributed by atoms with Crippen LogP contribution in [0.1, 0.15) is 39.5 Å². The zero-order valence-corrected chi connectivity index (χ0v) is 14.2. The van der Waals surface area contributed by atoms with Gasteiger partial charge in [0.05, 0.1) is 23.8 Å². The second-order valence-corrected chi connectivity index (χ2v) is 6.09. The average Bonchev–Trinajstić information content (AvgIpc) is 2.81. The molecule has 0 fully saturated rings. The fourth-order valence-electron chi connectivity index (χ4n) is 3.04. The van der Waals surface area contributed by atoms with Crippen molar-refractivity contribution >= 4 is 17.4 Å². The van der Waals surface area contributed by atoms with Gasteiger partial charge in [-0.15, -0.1) is 0 Å². The van der Waals surface area contributed by atoms with Crippen LogP contribution in [0, 0.1) is 20.8 Å². The molecule has 122 valence electrons. The Morgan fingerprint density at radius 2 is 1.79 bits per heavy atom. The summed E-state index contributed by atoms with van der Waals surface area (Å²) in [4.78, 5) is 24.9. The SMILES string of the molecule is CC(=O)Nc1c2ccocc-2c(C)c1C(=O)c1cc(C)ccc1C. The van der Waals surface area contributed by atoms with E-state index in [1.807, 2.05) is 39.0 Å². The van der Waals surface area contributed by atoms with Gasteiger partial charge in [0.15, 0.2) is 5.78 Å². The van der Waals surface area contributed by atoms with E-state index in [0.29, 0.717) is 16.8 Å². The monoisotopic (exact) mass is 321 g/mol. The van der Waals surface area contributed by atoms with Crippen molar-refractivity contribution in [1.29, 1.82) is 0 Å². The number of amides is 1. The summed E-state index contributed by atoms with van der Waals surface area (Å²) in [7, 11) is 0. The summed E-state index contributed by atoms with van der Waals surface area (Å²) in [5, 5.41) is 2.82. The van der Waals surface area contributed by atoms with Crippen LogP contribution in [0.5, 0.6) is 0 Å². The first-order chi connectivity index (χ1) is 11.4. The molecular weight excluding hydrogens is 302 g/mol. The Labute approximate surface area is 140 Å². The molecule has 1 N–H and O–H groups in total. The van der Waals surface area contributed by atoms with Gasteiger partial charge in [-0.1, -0.05) is 17.7 Å². The topological polar surface area (TPSA) is 59.3 Å². The highest BCUT2D eigenvalue weighted by Gasteiger charge is 2.27. The third kappa shape index (κ3) is 2.60. The van der Waals surface area contributed by atoms with Crippen LogP contribution in [0.15, 0.2) is 41.2 Å². The lowest BCUT2D eigenvalue weighted by molar-refractivity contribution is -0.114. The molecular formula is C20H19NO3. The zero-order valence-electron chi connectivity index (χ0n) is 14.2. The molecule has 1 aromatic rings.